The zero-order chi connectivity index (χ0) is 13.8. The SMILES string of the molecule is C[C@H](N)c1ccc(N(CCO)CC(F)(F)F)cc1. The first-order chi connectivity index (χ1) is 8.33. The molecule has 0 amide bonds. The minimum Gasteiger partial charge on any atom is -0.395 e. The predicted molar refractivity (Wildman–Crippen MR) is 64.4 cm³/mol. The fourth-order valence-corrected chi connectivity index (χ4v) is 1.63. The molecule has 0 aliphatic rings. The molecule has 0 unspecified atom stereocenters. The lowest BCUT2D eigenvalue weighted by Gasteiger charge is -2.25. The molecule has 0 bridgehead atoms. The Kier molecular flexibility index (Phi) is 4.98. The lowest BCUT2D eigenvalue weighted by molar-refractivity contribution is -0.119. The summed E-state index contributed by atoms with van der Waals surface area (Å²) < 4.78 is 37.1. The van der Waals surface area contributed by atoms with Gasteiger partial charge in [0.1, 0.15) is 6.54 Å². The van der Waals surface area contributed by atoms with Gasteiger partial charge in [-0.2, -0.15) is 13.2 Å². The highest BCUT2D eigenvalue weighted by Crippen LogP contribution is 2.23. The highest BCUT2D eigenvalue weighted by atomic mass is 19.4. The molecule has 1 rings (SSSR count). The highest BCUT2D eigenvalue weighted by molar-refractivity contribution is 5.48. The molecule has 0 fully saturated rings. The summed E-state index contributed by atoms with van der Waals surface area (Å²) in [6.45, 7) is 0.337. The van der Waals surface area contributed by atoms with Gasteiger partial charge in [-0.3, -0.25) is 0 Å². The molecule has 1 aromatic rings. The van der Waals surface area contributed by atoms with Gasteiger partial charge in [-0.25, -0.2) is 0 Å². The van der Waals surface area contributed by atoms with Gasteiger partial charge in [0.2, 0.25) is 0 Å². The van der Waals surface area contributed by atoms with Gasteiger partial charge in [-0.15, -0.1) is 0 Å². The molecule has 6 heteroatoms. The third kappa shape index (κ3) is 4.54. The number of benzene rings is 1. The van der Waals surface area contributed by atoms with Crippen LogP contribution in [0.2, 0.25) is 0 Å². The van der Waals surface area contributed by atoms with Crippen LogP contribution in [0.15, 0.2) is 24.3 Å². The van der Waals surface area contributed by atoms with E-state index in [0.29, 0.717) is 5.69 Å². The van der Waals surface area contributed by atoms with Gasteiger partial charge in [0.05, 0.1) is 6.61 Å². The van der Waals surface area contributed by atoms with Gasteiger partial charge >= 0.3 is 6.18 Å². The standard InChI is InChI=1S/C12H17F3N2O/c1-9(16)10-2-4-11(5-3-10)17(6-7-18)8-12(13,14)15/h2-5,9,18H,6-8,16H2,1H3/t9-/m0/s1. The van der Waals surface area contributed by atoms with E-state index in [2.05, 4.69) is 0 Å². The van der Waals surface area contributed by atoms with Crippen LogP contribution < -0.4 is 10.6 Å². The average molecular weight is 262 g/mol. The van der Waals surface area contributed by atoms with Crippen molar-refractivity contribution in [2.45, 2.75) is 19.1 Å². The first-order valence-electron chi connectivity index (χ1n) is 5.61. The number of halogens is 3. The molecule has 18 heavy (non-hydrogen) atoms. The molecule has 1 atom stereocenters. The molecule has 0 spiro atoms. The Morgan fingerprint density at radius 1 is 1.28 bits per heavy atom. The summed E-state index contributed by atoms with van der Waals surface area (Å²) in [4.78, 5) is 1.09. The third-order valence-corrected chi connectivity index (χ3v) is 2.52. The van der Waals surface area contributed by atoms with E-state index in [4.69, 9.17) is 10.8 Å². The van der Waals surface area contributed by atoms with Gasteiger partial charge in [-0.1, -0.05) is 12.1 Å². The second-order valence-corrected chi connectivity index (χ2v) is 4.14. The van der Waals surface area contributed by atoms with Gasteiger partial charge in [-0.05, 0) is 24.6 Å². The van der Waals surface area contributed by atoms with Crippen molar-refractivity contribution in [3.8, 4) is 0 Å². The largest absolute Gasteiger partial charge is 0.405 e. The van der Waals surface area contributed by atoms with Crippen molar-refractivity contribution in [3.63, 3.8) is 0 Å². The Morgan fingerprint density at radius 3 is 2.22 bits per heavy atom. The van der Waals surface area contributed by atoms with Gasteiger partial charge < -0.3 is 15.7 Å². The number of anilines is 1. The topological polar surface area (TPSA) is 49.5 Å². The first kappa shape index (κ1) is 14.8. The van der Waals surface area contributed by atoms with E-state index in [-0.39, 0.29) is 19.2 Å². The molecular weight excluding hydrogens is 245 g/mol. The Hall–Kier alpha value is -1.27. The Balaban J connectivity index is 2.85. The minimum absolute atomic E-state index is 0.0585. The van der Waals surface area contributed by atoms with Crippen LogP contribution in [-0.2, 0) is 0 Å². The lowest BCUT2D eigenvalue weighted by atomic mass is 10.1. The third-order valence-electron chi connectivity index (χ3n) is 2.52. The Labute approximate surface area is 104 Å². The number of rotatable bonds is 5. The van der Waals surface area contributed by atoms with E-state index in [1.165, 1.54) is 0 Å². The number of aliphatic hydroxyl groups excluding tert-OH is 1. The Bertz CT molecular complexity index is 363. The van der Waals surface area contributed by atoms with Gasteiger partial charge in [0.15, 0.2) is 0 Å². The number of hydrogen-bond donors (Lipinski definition) is 2. The lowest BCUT2D eigenvalue weighted by Crippen LogP contribution is -2.36. The highest BCUT2D eigenvalue weighted by Gasteiger charge is 2.30. The van der Waals surface area contributed by atoms with E-state index in [9.17, 15) is 13.2 Å². The van der Waals surface area contributed by atoms with Crippen LogP contribution in [0.1, 0.15) is 18.5 Å². The summed E-state index contributed by atoms with van der Waals surface area (Å²) in [5.41, 5.74) is 6.94. The maximum absolute atomic E-state index is 12.4. The number of aliphatic hydroxyl groups is 1. The van der Waals surface area contributed by atoms with Crippen molar-refractivity contribution in [2.75, 3.05) is 24.6 Å². The normalized spacial score (nSPS) is 13.4. The van der Waals surface area contributed by atoms with Crippen molar-refractivity contribution in [1.29, 1.82) is 0 Å². The van der Waals surface area contributed by atoms with Crippen molar-refractivity contribution in [1.82, 2.24) is 0 Å². The van der Waals surface area contributed by atoms with Crippen molar-refractivity contribution >= 4 is 5.69 Å². The molecule has 0 radical (unpaired) electrons. The van der Waals surface area contributed by atoms with Crippen molar-refractivity contribution in [3.05, 3.63) is 29.8 Å². The molecule has 0 aromatic heterocycles. The molecule has 0 aliphatic heterocycles. The molecule has 0 heterocycles. The van der Waals surface area contributed by atoms with Crippen LogP contribution >= 0.6 is 0 Å². The summed E-state index contributed by atoms with van der Waals surface area (Å²) in [5.74, 6) is 0. The van der Waals surface area contributed by atoms with Gasteiger partial charge in [0.25, 0.3) is 0 Å². The summed E-state index contributed by atoms with van der Waals surface area (Å²) >= 11 is 0. The summed E-state index contributed by atoms with van der Waals surface area (Å²) in [5, 5.41) is 8.81. The fraction of sp³-hybridized carbons (Fsp3) is 0.500. The van der Waals surface area contributed by atoms with Crippen molar-refractivity contribution < 1.29 is 18.3 Å². The van der Waals surface area contributed by atoms with E-state index < -0.39 is 12.7 Å². The molecule has 0 saturated carbocycles. The average Bonchev–Trinajstić information content (AvgIpc) is 2.27. The van der Waals surface area contributed by atoms with Crippen LogP contribution in [-0.4, -0.2) is 31.0 Å². The smallest absolute Gasteiger partial charge is 0.395 e. The molecule has 0 saturated heterocycles. The van der Waals surface area contributed by atoms with Crippen LogP contribution in [0.3, 0.4) is 0 Å². The Morgan fingerprint density at radius 2 is 1.83 bits per heavy atom. The maximum atomic E-state index is 12.4. The fourth-order valence-electron chi connectivity index (χ4n) is 1.63. The maximum Gasteiger partial charge on any atom is 0.405 e. The first-order valence-corrected chi connectivity index (χ1v) is 5.61. The summed E-state index contributed by atoms with van der Waals surface area (Å²) in [6, 6.07) is 6.40. The number of hydrogen-bond acceptors (Lipinski definition) is 3. The van der Waals surface area contributed by atoms with E-state index >= 15 is 0 Å². The number of nitrogens with zero attached hydrogens (tertiary/aromatic N) is 1. The second-order valence-electron chi connectivity index (χ2n) is 4.14. The van der Waals surface area contributed by atoms with E-state index in [1.54, 1.807) is 31.2 Å². The molecule has 1 aromatic carbocycles. The van der Waals surface area contributed by atoms with Crippen LogP contribution in [0.25, 0.3) is 0 Å². The molecular formula is C12H17F3N2O. The quantitative estimate of drug-likeness (QED) is 0.854. The van der Waals surface area contributed by atoms with E-state index in [0.717, 1.165) is 10.5 Å². The summed E-state index contributed by atoms with van der Waals surface area (Å²) in [6.07, 6.45) is -4.30. The zero-order valence-corrected chi connectivity index (χ0v) is 10.1. The van der Waals surface area contributed by atoms with Crippen LogP contribution in [0, 0.1) is 0 Å². The molecule has 3 nitrogen and oxygen atoms in total. The number of nitrogens with two attached hydrogens (primary N) is 1. The monoisotopic (exact) mass is 262 g/mol. The molecule has 0 aliphatic carbocycles. The number of alkyl halides is 3. The van der Waals surface area contributed by atoms with Crippen LogP contribution in [0.5, 0.6) is 0 Å². The minimum atomic E-state index is -4.30. The summed E-state index contributed by atoms with van der Waals surface area (Å²) in [7, 11) is 0. The van der Waals surface area contributed by atoms with E-state index in [1.807, 2.05) is 0 Å². The van der Waals surface area contributed by atoms with Crippen LogP contribution in [0.4, 0.5) is 18.9 Å². The predicted octanol–water partition coefficient (Wildman–Crippen LogP) is 2.07. The van der Waals surface area contributed by atoms with Crippen molar-refractivity contribution in [2.24, 2.45) is 5.73 Å². The molecule has 102 valence electrons. The second kappa shape index (κ2) is 6.06. The van der Waals surface area contributed by atoms with Gasteiger partial charge in [0, 0.05) is 18.3 Å². The zero-order valence-electron chi connectivity index (χ0n) is 10.1. The molecule has 3 N–H and O–H groups in total.